The zero-order valence-corrected chi connectivity index (χ0v) is 14.5. The van der Waals surface area contributed by atoms with Gasteiger partial charge in [-0.15, -0.1) is 0 Å². The molecular formula is C18H24N4O2. The van der Waals surface area contributed by atoms with Crippen molar-refractivity contribution in [1.29, 1.82) is 0 Å². The number of aryl methyl sites for hydroxylation is 1. The van der Waals surface area contributed by atoms with Crippen LogP contribution in [0.25, 0.3) is 11.3 Å². The van der Waals surface area contributed by atoms with Gasteiger partial charge in [0.1, 0.15) is 5.69 Å². The maximum Gasteiger partial charge on any atom is 0.290 e. The number of nitrogens with zero attached hydrogens (tertiary/aromatic N) is 3. The fraction of sp³-hybridized carbons (Fsp3) is 0.611. The van der Waals surface area contributed by atoms with Crippen molar-refractivity contribution in [3.05, 3.63) is 23.7 Å². The normalized spacial score (nSPS) is 26.7. The van der Waals surface area contributed by atoms with Crippen LogP contribution in [-0.2, 0) is 7.05 Å². The Labute approximate surface area is 141 Å². The lowest BCUT2D eigenvalue weighted by molar-refractivity contribution is 0.0878. The van der Waals surface area contributed by atoms with Crippen LogP contribution in [0.1, 0.15) is 48.9 Å². The molecule has 1 amide bonds. The molecule has 0 aliphatic heterocycles. The molecule has 4 rings (SSSR count). The second-order valence-corrected chi connectivity index (χ2v) is 7.44. The summed E-state index contributed by atoms with van der Waals surface area (Å²) in [6.45, 7) is 4.08. The lowest BCUT2D eigenvalue weighted by atomic mass is 9.84. The Morgan fingerprint density at radius 3 is 2.88 bits per heavy atom. The van der Waals surface area contributed by atoms with Crippen molar-refractivity contribution in [1.82, 2.24) is 20.3 Å². The molecule has 2 fully saturated rings. The molecular weight excluding hydrogens is 304 g/mol. The highest BCUT2D eigenvalue weighted by molar-refractivity contribution is 5.92. The second-order valence-electron chi connectivity index (χ2n) is 7.44. The van der Waals surface area contributed by atoms with Gasteiger partial charge in [0.25, 0.3) is 5.91 Å². The van der Waals surface area contributed by atoms with E-state index in [0.717, 1.165) is 23.1 Å². The zero-order chi connectivity index (χ0) is 16.8. The second kappa shape index (κ2) is 5.76. The first-order chi connectivity index (χ1) is 11.5. The van der Waals surface area contributed by atoms with Crippen molar-refractivity contribution in [3.8, 4) is 11.3 Å². The van der Waals surface area contributed by atoms with Crippen molar-refractivity contribution in [2.75, 3.05) is 0 Å². The summed E-state index contributed by atoms with van der Waals surface area (Å²) in [7, 11) is 1.88. The van der Waals surface area contributed by atoms with Gasteiger partial charge in [0, 0.05) is 30.4 Å². The molecule has 4 atom stereocenters. The molecule has 2 heterocycles. The summed E-state index contributed by atoms with van der Waals surface area (Å²) in [5, 5.41) is 11.4. The molecule has 6 nitrogen and oxygen atoms in total. The molecule has 2 aromatic heterocycles. The Morgan fingerprint density at radius 2 is 2.25 bits per heavy atom. The summed E-state index contributed by atoms with van der Waals surface area (Å²) in [5.41, 5.74) is 2.53. The van der Waals surface area contributed by atoms with Gasteiger partial charge < -0.3 is 9.84 Å². The first kappa shape index (κ1) is 15.4. The molecule has 2 bridgehead atoms. The highest BCUT2D eigenvalue weighted by atomic mass is 16.5. The molecule has 2 aliphatic rings. The molecule has 2 saturated carbocycles. The number of hydrogen-bond donors (Lipinski definition) is 1. The standard InChI is InChI=1S/C18H24N4O2/c1-10(14-7-12-4-5-13(14)6-12)20-18(23)17-8-16(21-24-17)15-9-19-22(3)11(15)2/h8-10,12-14H,4-7H2,1-3H3,(H,20,23)/t10-,12+,13+,14+/m1/s1. The molecule has 128 valence electrons. The van der Waals surface area contributed by atoms with Gasteiger partial charge in [-0.25, -0.2) is 0 Å². The van der Waals surface area contributed by atoms with Crippen LogP contribution in [0.2, 0.25) is 0 Å². The molecule has 24 heavy (non-hydrogen) atoms. The molecule has 2 aliphatic carbocycles. The van der Waals surface area contributed by atoms with Gasteiger partial charge in [-0.05, 0) is 50.9 Å². The van der Waals surface area contributed by atoms with E-state index in [0.29, 0.717) is 11.6 Å². The number of amides is 1. The van der Waals surface area contributed by atoms with Crippen molar-refractivity contribution in [2.24, 2.45) is 24.8 Å². The third-order valence-corrected chi connectivity index (χ3v) is 6.04. The molecule has 0 radical (unpaired) electrons. The minimum atomic E-state index is -0.175. The molecule has 6 heteroatoms. The van der Waals surface area contributed by atoms with E-state index < -0.39 is 0 Å². The number of fused-ring (bicyclic) bond motifs is 2. The average molecular weight is 328 g/mol. The van der Waals surface area contributed by atoms with Gasteiger partial charge in [0.2, 0.25) is 5.76 Å². The van der Waals surface area contributed by atoms with Crippen LogP contribution in [-0.4, -0.2) is 26.9 Å². The number of nitrogens with one attached hydrogen (secondary N) is 1. The molecule has 0 unspecified atom stereocenters. The maximum absolute atomic E-state index is 12.5. The molecule has 1 N–H and O–H groups in total. The molecule has 2 aromatic rings. The summed E-state index contributed by atoms with van der Waals surface area (Å²) in [6, 6.07) is 1.88. The third kappa shape index (κ3) is 2.54. The van der Waals surface area contributed by atoms with Gasteiger partial charge in [0.15, 0.2) is 0 Å². The first-order valence-corrected chi connectivity index (χ1v) is 8.79. The SMILES string of the molecule is Cc1c(-c2cc(C(=O)N[C@H](C)[C@@H]3C[C@H]4CC[C@H]3C4)on2)cnn1C. The number of carbonyl (C=O) groups is 1. The Bertz CT molecular complexity index is 763. The van der Waals surface area contributed by atoms with Gasteiger partial charge in [0.05, 0.1) is 6.20 Å². The Morgan fingerprint density at radius 1 is 1.42 bits per heavy atom. The average Bonchev–Trinajstić information content (AvgIpc) is 3.32. The van der Waals surface area contributed by atoms with Crippen LogP contribution >= 0.6 is 0 Å². The fourth-order valence-corrected chi connectivity index (χ4v) is 4.55. The third-order valence-electron chi connectivity index (χ3n) is 6.04. The van der Waals surface area contributed by atoms with Crippen molar-refractivity contribution in [3.63, 3.8) is 0 Å². The highest BCUT2D eigenvalue weighted by Gasteiger charge is 2.42. The van der Waals surface area contributed by atoms with Crippen molar-refractivity contribution >= 4 is 5.91 Å². The van der Waals surface area contributed by atoms with E-state index in [1.165, 1.54) is 25.7 Å². The van der Waals surface area contributed by atoms with Gasteiger partial charge in [-0.1, -0.05) is 11.6 Å². The summed E-state index contributed by atoms with van der Waals surface area (Å²) >= 11 is 0. The number of carbonyl (C=O) groups excluding carboxylic acids is 1. The van der Waals surface area contributed by atoms with Gasteiger partial charge >= 0.3 is 0 Å². The van der Waals surface area contributed by atoms with Crippen LogP contribution < -0.4 is 5.32 Å². The topological polar surface area (TPSA) is 73.0 Å². The van der Waals surface area contributed by atoms with Gasteiger partial charge in [-0.2, -0.15) is 5.10 Å². The number of rotatable bonds is 4. The van der Waals surface area contributed by atoms with Gasteiger partial charge in [-0.3, -0.25) is 9.48 Å². The van der Waals surface area contributed by atoms with Crippen molar-refractivity contribution in [2.45, 2.75) is 45.6 Å². The largest absolute Gasteiger partial charge is 0.350 e. The monoisotopic (exact) mass is 328 g/mol. The first-order valence-electron chi connectivity index (χ1n) is 8.79. The van der Waals surface area contributed by atoms with Crippen LogP contribution in [0, 0.1) is 24.7 Å². The minimum Gasteiger partial charge on any atom is -0.350 e. The lowest BCUT2D eigenvalue weighted by Gasteiger charge is -2.28. The molecule has 0 spiro atoms. The minimum absolute atomic E-state index is 0.175. The maximum atomic E-state index is 12.5. The Balaban J connectivity index is 1.44. The quantitative estimate of drug-likeness (QED) is 0.936. The lowest BCUT2D eigenvalue weighted by Crippen LogP contribution is -2.40. The molecule has 0 aromatic carbocycles. The zero-order valence-electron chi connectivity index (χ0n) is 14.5. The van der Waals surface area contributed by atoms with E-state index in [4.69, 9.17) is 4.52 Å². The van der Waals surface area contributed by atoms with Crippen LogP contribution in [0.4, 0.5) is 0 Å². The highest BCUT2D eigenvalue weighted by Crippen LogP contribution is 2.49. The number of aromatic nitrogens is 3. The van der Waals surface area contributed by atoms with E-state index in [-0.39, 0.29) is 17.7 Å². The Kier molecular flexibility index (Phi) is 3.70. The molecule has 0 saturated heterocycles. The van der Waals surface area contributed by atoms with E-state index in [1.807, 2.05) is 14.0 Å². The van der Waals surface area contributed by atoms with E-state index >= 15 is 0 Å². The Hall–Kier alpha value is -2.11. The summed E-state index contributed by atoms with van der Waals surface area (Å²) in [4.78, 5) is 12.5. The fourth-order valence-electron chi connectivity index (χ4n) is 4.55. The predicted molar refractivity (Wildman–Crippen MR) is 89.3 cm³/mol. The summed E-state index contributed by atoms with van der Waals surface area (Å²) in [6.07, 6.45) is 7.03. The predicted octanol–water partition coefficient (Wildman–Crippen LogP) is 2.94. The van der Waals surface area contributed by atoms with Crippen LogP contribution in [0.15, 0.2) is 16.8 Å². The van der Waals surface area contributed by atoms with Crippen LogP contribution in [0.3, 0.4) is 0 Å². The summed E-state index contributed by atoms with van der Waals surface area (Å²) < 4.78 is 7.05. The van der Waals surface area contributed by atoms with E-state index in [1.54, 1.807) is 16.9 Å². The van der Waals surface area contributed by atoms with Crippen LogP contribution in [0.5, 0.6) is 0 Å². The van der Waals surface area contributed by atoms with E-state index in [9.17, 15) is 4.79 Å². The van der Waals surface area contributed by atoms with E-state index in [2.05, 4.69) is 22.5 Å². The smallest absolute Gasteiger partial charge is 0.290 e. The summed E-state index contributed by atoms with van der Waals surface area (Å²) in [5.74, 6) is 2.36. The number of hydrogen-bond acceptors (Lipinski definition) is 4. The van der Waals surface area contributed by atoms with Crippen molar-refractivity contribution < 1.29 is 9.32 Å².